The lowest BCUT2D eigenvalue weighted by Crippen LogP contribution is -2.55. The molecule has 0 aromatic heterocycles. The summed E-state index contributed by atoms with van der Waals surface area (Å²) in [6.45, 7) is 32.9. The molecule has 1 saturated heterocycles. The predicted molar refractivity (Wildman–Crippen MR) is 216 cm³/mol. The summed E-state index contributed by atoms with van der Waals surface area (Å²) in [6, 6.07) is 19.2. The summed E-state index contributed by atoms with van der Waals surface area (Å²) < 4.78 is 54.8. The SMILES string of the molecule is CC(C)(C)[Si](C)(C)OC[C@@H](O)[C@@H]1O/C(=C/P(=O)(OCc2ccccc2)OCc2ccccc2)[C@H](O[Si](C)(C)C(C)(C)C)[C@H]1O[Si](C)(C)C(C)(C)C. The average molecular weight is 779 g/mol. The van der Waals surface area contributed by atoms with Crippen LogP contribution in [0.5, 0.6) is 0 Å². The van der Waals surface area contributed by atoms with Gasteiger partial charge in [0.2, 0.25) is 0 Å². The van der Waals surface area contributed by atoms with Gasteiger partial charge < -0.3 is 32.2 Å². The van der Waals surface area contributed by atoms with E-state index in [4.69, 9.17) is 27.1 Å². The Labute approximate surface area is 312 Å². The fourth-order valence-corrected chi connectivity index (χ4v) is 9.59. The Morgan fingerprint density at radius 1 is 0.706 bits per heavy atom. The monoisotopic (exact) mass is 778 g/mol. The largest absolute Gasteiger partial charge is 0.486 e. The van der Waals surface area contributed by atoms with Crippen molar-refractivity contribution in [2.75, 3.05) is 6.61 Å². The predicted octanol–water partition coefficient (Wildman–Crippen LogP) is 11.0. The van der Waals surface area contributed by atoms with E-state index in [0.29, 0.717) is 5.76 Å². The molecular formula is C39H67O8PSi3. The van der Waals surface area contributed by atoms with E-state index in [0.717, 1.165) is 11.1 Å². The van der Waals surface area contributed by atoms with Gasteiger partial charge in [-0.2, -0.15) is 0 Å². The van der Waals surface area contributed by atoms with E-state index < -0.39 is 57.0 Å². The minimum Gasteiger partial charge on any atom is -0.486 e. The number of aliphatic hydroxyl groups excluding tert-OH is 1. The highest BCUT2D eigenvalue weighted by atomic mass is 31.2. The Balaban J connectivity index is 2.17. The third-order valence-electron chi connectivity index (χ3n) is 11.2. The van der Waals surface area contributed by atoms with Crippen molar-refractivity contribution in [2.45, 2.75) is 154 Å². The maximum Gasteiger partial charge on any atom is 0.358 e. The first kappa shape index (κ1) is 44.0. The van der Waals surface area contributed by atoms with Crippen LogP contribution in [0, 0.1) is 0 Å². The van der Waals surface area contributed by atoms with Crippen molar-refractivity contribution in [3.63, 3.8) is 0 Å². The molecule has 2 aromatic carbocycles. The Hall–Kier alpha value is -1.38. The lowest BCUT2D eigenvalue weighted by Gasteiger charge is -2.43. The smallest absolute Gasteiger partial charge is 0.358 e. The van der Waals surface area contributed by atoms with Crippen molar-refractivity contribution in [3.8, 4) is 0 Å². The molecule has 3 rings (SSSR count). The molecule has 0 amide bonds. The van der Waals surface area contributed by atoms with E-state index in [-0.39, 0.29) is 34.9 Å². The molecule has 0 bridgehead atoms. The zero-order valence-corrected chi connectivity index (χ0v) is 37.9. The van der Waals surface area contributed by atoms with Crippen LogP contribution in [-0.4, -0.2) is 61.1 Å². The topological polar surface area (TPSA) is 92.7 Å². The third kappa shape index (κ3) is 11.8. The van der Waals surface area contributed by atoms with Crippen molar-refractivity contribution >= 4 is 32.5 Å². The van der Waals surface area contributed by atoms with Gasteiger partial charge in [-0.1, -0.05) is 123 Å². The molecule has 8 nitrogen and oxygen atoms in total. The van der Waals surface area contributed by atoms with Crippen LogP contribution in [0.25, 0.3) is 0 Å². The van der Waals surface area contributed by atoms with Crippen LogP contribution in [0.1, 0.15) is 73.4 Å². The van der Waals surface area contributed by atoms with Gasteiger partial charge in [0.05, 0.1) is 25.6 Å². The molecule has 12 heteroatoms. The van der Waals surface area contributed by atoms with Gasteiger partial charge in [0.1, 0.15) is 24.1 Å². The van der Waals surface area contributed by atoms with Crippen LogP contribution in [0.3, 0.4) is 0 Å². The Morgan fingerprint density at radius 2 is 1.12 bits per heavy atom. The summed E-state index contributed by atoms with van der Waals surface area (Å²) in [7, 11) is -11.1. The van der Waals surface area contributed by atoms with Crippen LogP contribution < -0.4 is 0 Å². The van der Waals surface area contributed by atoms with Crippen LogP contribution >= 0.6 is 7.60 Å². The van der Waals surface area contributed by atoms with Gasteiger partial charge in [0.25, 0.3) is 0 Å². The van der Waals surface area contributed by atoms with Gasteiger partial charge in [-0.3, -0.25) is 4.57 Å². The van der Waals surface area contributed by atoms with E-state index in [1.807, 2.05) is 60.7 Å². The highest BCUT2D eigenvalue weighted by Gasteiger charge is 2.55. The summed E-state index contributed by atoms with van der Waals surface area (Å²) in [5, 5.41) is 11.6. The highest BCUT2D eigenvalue weighted by molar-refractivity contribution is 7.57. The van der Waals surface area contributed by atoms with Gasteiger partial charge in [0, 0.05) is 0 Å². The molecule has 4 atom stereocenters. The molecule has 0 spiro atoms. The molecule has 0 aliphatic carbocycles. The molecule has 1 N–H and O–H groups in total. The van der Waals surface area contributed by atoms with Gasteiger partial charge in [-0.15, -0.1) is 0 Å². The molecule has 1 fully saturated rings. The number of aliphatic hydroxyl groups is 1. The number of rotatable bonds is 15. The van der Waals surface area contributed by atoms with Gasteiger partial charge in [-0.05, 0) is 65.5 Å². The second kappa shape index (κ2) is 16.6. The number of hydrogen-bond donors (Lipinski definition) is 1. The fraction of sp³-hybridized carbons (Fsp3) is 0.641. The lowest BCUT2D eigenvalue weighted by atomic mass is 10.1. The molecule has 1 heterocycles. The van der Waals surface area contributed by atoms with Crippen LogP contribution in [-0.2, 0) is 44.8 Å². The van der Waals surface area contributed by atoms with Gasteiger partial charge in [0.15, 0.2) is 31.1 Å². The Bertz CT molecular complexity index is 1430. The van der Waals surface area contributed by atoms with Crippen molar-refractivity contribution in [1.29, 1.82) is 0 Å². The Morgan fingerprint density at radius 3 is 1.53 bits per heavy atom. The van der Waals surface area contributed by atoms with Crippen molar-refractivity contribution in [1.82, 2.24) is 0 Å². The average Bonchev–Trinajstić information content (AvgIpc) is 3.32. The molecular weight excluding hydrogens is 712 g/mol. The molecule has 1 aliphatic rings. The molecule has 1 aliphatic heterocycles. The first-order valence-corrected chi connectivity index (χ1v) is 28.6. The number of hydrogen-bond acceptors (Lipinski definition) is 8. The highest BCUT2D eigenvalue weighted by Crippen LogP contribution is 2.55. The summed E-state index contributed by atoms with van der Waals surface area (Å²) in [4.78, 5) is 0. The van der Waals surface area contributed by atoms with Crippen molar-refractivity contribution in [3.05, 3.63) is 83.4 Å². The van der Waals surface area contributed by atoms with Crippen LogP contribution in [0.15, 0.2) is 72.2 Å². The lowest BCUT2D eigenvalue weighted by molar-refractivity contribution is -0.0554. The minimum absolute atomic E-state index is 0.0435. The molecule has 0 saturated carbocycles. The fourth-order valence-electron chi connectivity index (χ4n) is 4.64. The summed E-state index contributed by atoms with van der Waals surface area (Å²) in [5.41, 5.74) is 1.71. The van der Waals surface area contributed by atoms with Crippen LogP contribution in [0.4, 0.5) is 0 Å². The second-order valence-electron chi connectivity index (χ2n) is 18.5. The quantitative estimate of drug-likeness (QED) is 0.141. The van der Waals surface area contributed by atoms with Gasteiger partial charge >= 0.3 is 7.60 Å². The van der Waals surface area contributed by atoms with E-state index in [9.17, 15) is 9.67 Å². The molecule has 2 aromatic rings. The van der Waals surface area contributed by atoms with E-state index >= 15 is 0 Å². The minimum atomic E-state index is -3.98. The molecule has 0 unspecified atom stereocenters. The number of ether oxygens (including phenoxy) is 1. The maximum absolute atomic E-state index is 14.9. The van der Waals surface area contributed by atoms with Gasteiger partial charge in [-0.25, -0.2) is 0 Å². The zero-order chi connectivity index (χ0) is 38.7. The van der Waals surface area contributed by atoms with Crippen LogP contribution in [0.2, 0.25) is 54.4 Å². The summed E-state index contributed by atoms with van der Waals surface area (Å²) in [6.07, 6.45) is -3.34. The van der Waals surface area contributed by atoms with E-state index in [1.54, 1.807) is 0 Å². The van der Waals surface area contributed by atoms with Crippen molar-refractivity contribution < 1.29 is 36.7 Å². The third-order valence-corrected chi connectivity index (χ3v) is 26.2. The maximum atomic E-state index is 14.9. The standard InChI is InChI=1S/C39H67O8PSi3/c1-37(2,3)49(10,11)44-28-32(40)34-36(47-51(14,15)39(7,8)9)35(46-50(12,13)38(4,5)6)33(45-34)29-48(41,42-26-30-22-18-16-19-23-30)43-27-31-24-20-17-21-25-31/h16-25,29,32,34-36,40H,26-28H2,1-15H3/b33-29+/t32-,34+,35+,36+/m1/s1. The number of benzene rings is 2. The first-order chi connectivity index (χ1) is 23.2. The normalized spacial score (nSPS) is 21.2. The Kier molecular flexibility index (Phi) is 14.3. The summed E-state index contributed by atoms with van der Waals surface area (Å²) >= 11 is 0. The zero-order valence-electron chi connectivity index (χ0n) is 34.0. The second-order valence-corrected chi connectivity index (χ2v) is 34.6. The van der Waals surface area contributed by atoms with E-state index in [1.165, 1.54) is 5.82 Å². The van der Waals surface area contributed by atoms with E-state index in [2.05, 4.69) is 102 Å². The van der Waals surface area contributed by atoms with Crippen molar-refractivity contribution in [2.24, 2.45) is 0 Å². The first-order valence-electron chi connectivity index (χ1n) is 18.2. The molecule has 288 valence electrons. The molecule has 51 heavy (non-hydrogen) atoms. The molecule has 0 radical (unpaired) electrons. The summed E-state index contributed by atoms with van der Waals surface area (Å²) in [5.74, 6) is 1.77.